The van der Waals surface area contributed by atoms with Crippen LogP contribution in [0.25, 0.3) is 0 Å². The Labute approximate surface area is 101 Å². The minimum Gasteiger partial charge on any atom is -0.316 e. The maximum absolute atomic E-state index is 3.49. The molecule has 0 rings (SSSR count). The minimum absolute atomic E-state index is 0.782. The lowest BCUT2D eigenvalue weighted by molar-refractivity contribution is 0.541. The van der Waals surface area contributed by atoms with Gasteiger partial charge >= 0.3 is 0 Å². The highest BCUT2D eigenvalue weighted by molar-refractivity contribution is 7.99. The van der Waals surface area contributed by atoms with Gasteiger partial charge in [0.15, 0.2) is 0 Å². The van der Waals surface area contributed by atoms with Crippen molar-refractivity contribution < 1.29 is 0 Å². The summed E-state index contributed by atoms with van der Waals surface area (Å²) in [6.45, 7) is 11.5. The molecule has 1 nitrogen and oxygen atoms in total. The number of unbranched alkanes of at least 4 members (excludes halogenated alkanes) is 1. The van der Waals surface area contributed by atoms with Crippen molar-refractivity contribution in [3.05, 3.63) is 0 Å². The number of hydrogen-bond donors (Lipinski definition) is 1. The maximum Gasteiger partial charge on any atom is -0.00258 e. The second-order valence-corrected chi connectivity index (χ2v) is 6.04. The van der Waals surface area contributed by atoms with Crippen LogP contribution in [0.15, 0.2) is 0 Å². The van der Waals surface area contributed by atoms with Gasteiger partial charge in [-0.2, -0.15) is 11.8 Å². The van der Waals surface area contributed by atoms with Crippen LogP contribution < -0.4 is 5.32 Å². The predicted molar refractivity (Wildman–Crippen MR) is 73.7 cm³/mol. The van der Waals surface area contributed by atoms with E-state index in [0.29, 0.717) is 0 Å². The number of hydrogen-bond acceptors (Lipinski definition) is 2. The van der Waals surface area contributed by atoms with Crippen LogP contribution in [0.2, 0.25) is 0 Å². The lowest BCUT2D eigenvalue weighted by atomic mass is 10.2. The topological polar surface area (TPSA) is 12.0 Å². The minimum atomic E-state index is 0.782. The fraction of sp³-hybridized carbons (Fsp3) is 1.00. The molecule has 0 heterocycles. The van der Waals surface area contributed by atoms with E-state index in [0.717, 1.165) is 11.8 Å². The van der Waals surface area contributed by atoms with Crippen LogP contribution in [-0.4, -0.2) is 24.6 Å². The van der Waals surface area contributed by atoms with Gasteiger partial charge in [0, 0.05) is 0 Å². The molecular formula is C13H29NS. The van der Waals surface area contributed by atoms with E-state index in [-0.39, 0.29) is 0 Å². The molecule has 1 atom stereocenters. The van der Waals surface area contributed by atoms with Crippen LogP contribution in [0.1, 0.15) is 47.0 Å². The van der Waals surface area contributed by atoms with E-state index in [2.05, 4.69) is 44.8 Å². The highest BCUT2D eigenvalue weighted by Crippen LogP contribution is 2.12. The number of thioether (sulfide) groups is 1. The molecule has 0 aliphatic heterocycles. The molecule has 0 aliphatic rings. The zero-order chi connectivity index (χ0) is 11.5. The van der Waals surface area contributed by atoms with Gasteiger partial charge < -0.3 is 5.32 Å². The summed E-state index contributed by atoms with van der Waals surface area (Å²) in [5, 5.41) is 3.49. The Morgan fingerprint density at radius 3 is 2.47 bits per heavy atom. The highest BCUT2D eigenvalue weighted by atomic mass is 32.2. The van der Waals surface area contributed by atoms with Crippen molar-refractivity contribution in [1.29, 1.82) is 0 Å². The molecule has 1 unspecified atom stereocenters. The average Bonchev–Trinajstić information content (AvgIpc) is 2.21. The van der Waals surface area contributed by atoms with Crippen LogP contribution in [0, 0.1) is 11.8 Å². The van der Waals surface area contributed by atoms with Crippen LogP contribution in [0.3, 0.4) is 0 Å². The molecule has 0 saturated heterocycles. The third kappa shape index (κ3) is 12.2. The monoisotopic (exact) mass is 231 g/mol. The Balaban J connectivity index is 2.99. The average molecular weight is 231 g/mol. The smallest absolute Gasteiger partial charge is 0.00258 e. The van der Waals surface area contributed by atoms with Gasteiger partial charge in [-0.05, 0) is 49.3 Å². The van der Waals surface area contributed by atoms with Gasteiger partial charge in [-0.15, -0.1) is 0 Å². The van der Waals surface area contributed by atoms with Crippen LogP contribution in [0.5, 0.6) is 0 Å². The normalized spacial score (nSPS) is 13.4. The van der Waals surface area contributed by atoms with Gasteiger partial charge in [0.1, 0.15) is 0 Å². The van der Waals surface area contributed by atoms with E-state index in [9.17, 15) is 0 Å². The quantitative estimate of drug-likeness (QED) is 0.574. The third-order valence-electron chi connectivity index (χ3n) is 2.54. The first kappa shape index (κ1) is 15.3. The Hall–Kier alpha value is 0.310. The molecule has 0 aromatic rings. The Morgan fingerprint density at radius 1 is 1.13 bits per heavy atom. The lowest BCUT2D eigenvalue weighted by Gasteiger charge is -2.08. The molecular weight excluding hydrogens is 202 g/mol. The Morgan fingerprint density at radius 2 is 1.87 bits per heavy atom. The summed E-state index contributed by atoms with van der Waals surface area (Å²) < 4.78 is 0. The van der Waals surface area contributed by atoms with Gasteiger partial charge in [0.25, 0.3) is 0 Å². The summed E-state index contributed by atoms with van der Waals surface area (Å²) in [4.78, 5) is 0. The van der Waals surface area contributed by atoms with Crippen molar-refractivity contribution in [2.45, 2.75) is 47.0 Å². The Kier molecular flexibility index (Phi) is 11.0. The summed E-state index contributed by atoms with van der Waals surface area (Å²) in [5.74, 6) is 4.36. The first-order chi connectivity index (χ1) is 7.16. The van der Waals surface area contributed by atoms with E-state index in [4.69, 9.17) is 0 Å². The summed E-state index contributed by atoms with van der Waals surface area (Å²) >= 11 is 2.12. The van der Waals surface area contributed by atoms with Gasteiger partial charge in [-0.3, -0.25) is 0 Å². The molecule has 0 fully saturated rings. The fourth-order valence-corrected chi connectivity index (χ4v) is 2.46. The molecule has 0 aromatic carbocycles. The van der Waals surface area contributed by atoms with E-state index in [1.807, 2.05) is 0 Å². The summed E-state index contributed by atoms with van der Waals surface area (Å²) in [6.07, 6.45) is 4.02. The molecule has 0 saturated carbocycles. The molecule has 0 radical (unpaired) electrons. The van der Waals surface area contributed by atoms with Crippen molar-refractivity contribution in [3.63, 3.8) is 0 Å². The molecule has 15 heavy (non-hydrogen) atoms. The van der Waals surface area contributed by atoms with E-state index in [1.54, 1.807) is 0 Å². The van der Waals surface area contributed by atoms with Crippen molar-refractivity contribution in [2.24, 2.45) is 11.8 Å². The van der Waals surface area contributed by atoms with Crippen LogP contribution >= 0.6 is 11.8 Å². The second-order valence-electron chi connectivity index (χ2n) is 4.89. The summed E-state index contributed by atoms with van der Waals surface area (Å²) in [6, 6.07) is 0. The number of nitrogens with one attached hydrogen (secondary N) is 1. The van der Waals surface area contributed by atoms with Crippen LogP contribution in [-0.2, 0) is 0 Å². The third-order valence-corrected chi connectivity index (χ3v) is 3.93. The molecule has 0 amide bonds. The first-order valence-electron chi connectivity index (χ1n) is 6.45. The molecule has 0 bridgehead atoms. The standard InChI is InChI=1S/C13H29NS/c1-5-13(4)11-15-9-7-6-8-14-10-12(2)3/h12-14H,5-11H2,1-4H3. The Bertz CT molecular complexity index is 126. The predicted octanol–water partition coefficient (Wildman–Crippen LogP) is 3.79. The molecule has 0 aliphatic carbocycles. The van der Waals surface area contributed by atoms with Crippen molar-refractivity contribution in [3.8, 4) is 0 Å². The summed E-state index contributed by atoms with van der Waals surface area (Å²) in [7, 11) is 0. The molecule has 0 aromatic heterocycles. The zero-order valence-corrected chi connectivity index (χ0v) is 11.8. The van der Waals surface area contributed by atoms with Gasteiger partial charge in [0.2, 0.25) is 0 Å². The van der Waals surface area contributed by atoms with E-state index >= 15 is 0 Å². The van der Waals surface area contributed by atoms with E-state index in [1.165, 1.54) is 43.9 Å². The lowest BCUT2D eigenvalue weighted by Crippen LogP contribution is -2.20. The highest BCUT2D eigenvalue weighted by Gasteiger charge is 1.98. The summed E-state index contributed by atoms with van der Waals surface area (Å²) in [5.41, 5.74) is 0. The molecule has 1 N–H and O–H groups in total. The van der Waals surface area contributed by atoms with Gasteiger partial charge in [-0.1, -0.05) is 34.1 Å². The fourth-order valence-electron chi connectivity index (χ4n) is 1.25. The molecule has 2 heteroatoms. The zero-order valence-electron chi connectivity index (χ0n) is 11.0. The van der Waals surface area contributed by atoms with Crippen molar-refractivity contribution in [1.82, 2.24) is 5.32 Å². The van der Waals surface area contributed by atoms with Crippen molar-refractivity contribution in [2.75, 3.05) is 24.6 Å². The number of rotatable bonds is 10. The van der Waals surface area contributed by atoms with Gasteiger partial charge in [-0.25, -0.2) is 0 Å². The molecule has 92 valence electrons. The first-order valence-corrected chi connectivity index (χ1v) is 7.60. The van der Waals surface area contributed by atoms with E-state index < -0.39 is 0 Å². The molecule has 0 spiro atoms. The van der Waals surface area contributed by atoms with Crippen LogP contribution in [0.4, 0.5) is 0 Å². The second kappa shape index (κ2) is 10.8. The maximum atomic E-state index is 3.49. The SMILES string of the molecule is CCC(C)CSCCCCNCC(C)C. The largest absolute Gasteiger partial charge is 0.316 e. The van der Waals surface area contributed by atoms with Gasteiger partial charge in [0.05, 0.1) is 0 Å². The van der Waals surface area contributed by atoms with Crippen molar-refractivity contribution >= 4 is 11.8 Å².